The molecule has 0 saturated heterocycles. The van der Waals surface area contributed by atoms with Crippen LogP contribution < -0.4 is 16.6 Å². The van der Waals surface area contributed by atoms with Crippen molar-refractivity contribution in [2.45, 2.75) is 59.1 Å². The number of carbonyl (C=O) groups is 1. The molecular formula is C19H26F3N3O5S. The molecule has 0 saturated carbocycles. The van der Waals surface area contributed by atoms with Crippen molar-refractivity contribution in [1.82, 2.24) is 14.5 Å². The van der Waals surface area contributed by atoms with Crippen LogP contribution >= 0.6 is 11.3 Å². The summed E-state index contributed by atoms with van der Waals surface area (Å²) in [5.41, 5.74) is -2.20. The monoisotopic (exact) mass is 465 g/mol. The average Bonchev–Trinajstić information content (AvgIpc) is 2.93. The van der Waals surface area contributed by atoms with Gasteiger partial charge in [0.2, 0.25) is 0 Å². The fraction of sp³-hybridized carbons (Fsp3) is 0.632. The van der Waals surface area contributed by atoms with Gasteiger partial charge in [-0.25, -0.2) is 4.79 Å². The molecule has 2 aromatic rings. The van der Waals surface area contributed by atoms with Crippen molar-refractivity contribution < 1.29 is 27.4 Å². The molecule has 0 aliphatic heterocycles. The van der Waals surface area contributed by atoms with Gasteiger partial charge in [0.25, 0.3) is 5.56 Å². The van der Waals surface area contributed by atoms with Crippen molar-refractivity contribution in [2.24, 2.45) is 0 Å². The van der Waals surface area contributed by atoms with Crippen LogP contribution in [0.4, 0.5) is 13.2 Å². The molecule has 0 aromatic carbocycles. The molecule has 2 rings (SSSR count). The number of nitrogens with zero attached hydrogens (tertiary/aromatic N) is 2. The number of carbonyl (C=O) groups excluding carboxylic acids is 1. The number of nitrogens with one attached hydrogen (secondary N) is 1. The van der Waals surface area contributed by atoms with Gasteiger partial charge in [-0.05, 0) is 33.3 Å². The smallest absolute Gasteiger partial charge is 0.406 e. The highest BCUT2D eigenvalue weighted by molar-refractivity contribution is 7.18. The van der Waals surface area contributed by atoms with Crippen LogP contribution in [0.25, 0.3) is 10.2 Å². The van der Waals surface area contributed by atoms with Crippen LogP contribution in [0.3, 0.4) is 0 Å². The molecule has 8 nitrogen and oxygen atoms in total. The lowest BCUT2D eigenvalue weighted by Gasteiger charge is -2.19. The van der Waals surface area contributed by atoms with Crippen molar-refractivity contribution in [3.63, 3.8) is 0 Å². The molecule has 0 bridgehead atoms. The first-order valence-electron chi connectivity index (χ1n) is 9.49. The molecule has 2 aromatic heterocycles. The van der Waals surface area contributed by atoms with Crippen LogP contribution in [0.2, 0.25) is 0 Å². The number of aryl methyl sites for hydroxylation is 1. The maximum absolute atomic E-state index is 13.0. The van der Waals surface area contributed by atoms with Gasteiger partial charge in [0.05, 0.1) is 25.1 Å². The van der Waals surface area contributed by atoms with Crippen LogP contribution in [0, 0.1) is 6.92 Å². The van der Waals surface area contributed by atoms with E-state index < -0.39 is 35.5 Å². The predicted molar refractivity (Wildman–Crippen MR) is 111 cm³/mol. The number of esters is 1. The van der Waals surface area contributed by atoms with E-state index in [-0.39, 0.29) is 41.0 Å². The van der Waals surface area contributed by atoms with Crippen molar-refractivity contribution in [2.75, 3.05) is 20.3 Å². The van der Waals surface area contributed by atoms with E-state index in [1.807, 2.05) is 0 Å². The van der Waals surface area contributed by atoms with Crippen molar-refractivity contribution >= 4 is 27.5 Å². The number of alkyl halides is 3. The topological polar surface area (TPSA) is 91.6 Å². The molecule has 0 unspecified atom stereocenters. The third-order valence-electron chi connectivity index (χ3n) is 4.22. The Morgan fingerprint density at radius 3 is 2.35 bits per heavy atom. The minimum Gasteiger partial charge on any atom is -0.459 e. The number of fused-ring (bicyclic) bond motifs is 1. The number of aromatic nitrogens is 2. The van der Waals surface area contributed by atoms with E-state index in [0.717, 1.165) is 15.9 Å². The second-order valence-corrected chi connectivity index (χ2v) is 9.04. The molecule has 1 N–H and O–H groups in total. The summed E-state index contributed by atoms with van der Waals surface area (Å²) in [7, 11) is 1.40. The fourth-order valence-electron chi connectivity index (χ4n) is 2.96. The summed E-state index contributed by atoms with van der Waals surface area (Å²) in [6, 6.07) is 0. The van der Waals surface area contributed by atoms with Crippen LogP contribution in [0.15, 0.2) is 9.59 Å². The molecule has 0 radical (unpaired) electrons. The van der Waals surface area contributed by atoms with E-state index in [4.69, 9.17) is 9.47 Å². The van der Waals surface area contributed by atoms with Gasteiger partial charge in [-0.3, -0.25) is 18.7 Å². The fourth-order valence-corrected chi connectivity index (χ4v) is 4.25. The second-order valence-electron chi connectivity index (χ2n) is 7.95. The predicted octanol–water partition coefficient (Wildman–Crippen LogP) is 2.17. The molecule has 0 atom stereocenters. The summed E-state index contributed by atoms with van der Waals surface area (Å²) in [4.78, 5) is 38.2. The lowest BCUT2D eigenvalue weighted by molar-refractivity contribution is -0.153. The Bertz CT molecular complexity index is 1060. The third-order valence-corrected chi connectivity index (χ3v) is 5.54. The van der Waals surface area contributed by atoms with Gasteiger partial charge in [-0.15, -0.1) is 11.3 Å². The molecule has 0 aliphatic carbocycles. The van der Waals surface area contributed by atoms with Crippen LogP contribution in [0.5, 0.6) is 0 Å². The van der Waals surface area contributed by atoms with Gasteiger partial charge in [0.1, 0.15) is 17.0 Å². The summed E-state index contributed by atoms with van der Waals surface area (Å²) >= 11 is 1.12. The van der Waals surface area contributed by atoms with E-state index in [1.54, 1.807) is 27.7 Å². The highest BCUT2D eigenvalue weighted by Crippen LogP contribution is 2.28. The standard InChI is InChI=1S/C19H26F3N3O5S/c1-11-12(8-23-9-13(26)30-18(2,3)4)31-16-14(11)15(27)25(10-19(20,21)22)17(28)24(16)6-7-29-5/h23H,6-10H2,1-5H3. The Labute approximate surface area is 180 Å². The first kappa shape index (κ1) is 25.1. The number of ether oxygens (including phenoxy) is 2. The Balaban J connectivity index is 2.44. The zero-order valence-electron chi connectivity index (χ0n) is 18.0. The molecule has 0 fully saturated rings. The highest BCUT2D eigenvalue weighted by Gasteiger charge is 2.31. The number of methoxy groups -OCH3 is 1. The molecular weight excluding hydrogens is 439 g/mol. The number of hydrogen-bond acceptors (Lipinski definition) is 7. The molecule has 0 amide bonds. The van der Waals surface area contributed by atoms with Crippen molar-refractivity contribution in [3.8, 4) is 0 Å². The average molecular weight is 465 g/mol. The van der Waals surface area contributed by atoms with Gasteiger partial charge in [-0.2, -0.15) is 13.2 Å². The van der Waals surface area contributed by atoms with Gasteiger partial charge in [0, 0.05) is 18.5 Å². The number of hydrogen-bond donors (Lipinski definition) is 1. The summed E-state index contributed by atoms with van der Waals surface area (Å²) in [5.74, 6) is -0.462. The van der Waals surface area contributed by atoms with Crippen LogP contribution in [0.1, 0.15) is 31.2 Å². The van der Waals surface area contributed by atoms with Crippen LogP contribution in [-0.4, -0.2) is 47.1 Å². The Kier molecular flexibility index (Phi) is 7.71. The van der Waals surface area contributed by atoms with Crippen LogP contribution in [-0.2, 0) is 33.9 Å². The van der Waals surface area contributed by atoms with Gasteiger partial charge in [-0.1, -0.05) is 0 Å². The zero-order valence-corrected chi connectivity index (χ0v) is 18.8. The SMILES string of the molecule is COCCn1c(=O)n(CC(F)(F)F)c(=O)c2c(C)c(CNCC(=O)OC(C)(C)C)sc21. The molecule has 174 valence electrons. The summed E-state index contributed by atoms with van der Waals surface area (Å²) in [6.45, 7) is 5.34. The van der Waals surface area contributed by atoms with E-state index in [2.05, 4.69) is 5.32 Å². The number of rotatable bonds is 8. The quantitative estimate of drug-likeness (QED) is 0.601. The first-order chi connectivity index (χ1) is 14.2. The third kappa shape index (κ3) is 6.40. The van der Waals surface area contributed by atoms with Gasteiger partial charge >= 0.3 is 17.8 Å². The second kappa shape index (κ2) is 9.53. The molecule has 0 spiro atoms. The largest absolute Gasteiger partial charge is 0.459 e. The first-order valence-corrected chi connectivity index (χ1v) is 10.3. The molecule has 12 heteroatoms. The van der Waals surface area contributed by atoms with E-state index in [0.29, 0.717) is 10.4 Å². The summed E-state index contributed by atoms with van der Waals surface area (Å²) in [5, 5.41) is 2.97. The molecule has 0 aliphatic rings. The summed E-state index contributed by atoms with van der Waals surface area (Å²) < 4.78 is 50.4. The Morgan fingerprint density at radius 1 is 1.16 bits per heavy atom. The van der Waals surface area contributed by atoms with E-state index in [9.17, 15) is 27.6 Å². The Morgan fingerprint density at radius 2 is 1.81 bits per heavy atom. The van der Waals surface area contributed by atoms with E-state index >= 15 is 0 Å². The lowest BCUT2D eigenvalue weighted by Crippen LogP contribution is -2.43. The number of thiophene rings is 1. The van der Waals surface area contributed by atoms with Crippen molar-refractivity contribution in [3.05, 3.63) is 31.3 Å². The molecule has 31 heavy (non-hydrogen) atoms. The van der Waals surface area contributed by atoms with Gasteiger partial charge in [0.15, 0.2) is 0 Å². The number of halogens is 3. The van der Waals surface area contributed by atoms with Crippen molar-refractivity contribution in [1.29, 1.82) is 0 Å². The molecule has 2 heterocycles. The minimum atomic E-state index is -4.72. The minimum absolute atomic E-state index is 0.00526. The maximum atomic E-state index is 13.0. The lowest BCUT2D eigenvalue weighted by atomic mass is 10.2. The van der Waals surface area contributed by atoms with E-state index in [1.165, 1.54) is 7.11 Å². The maximum Gasteiger partial charge on any atom is 0.406 e. The highest BCUT2D eigenvalue weighted by atomic mass is 32.1. The Hall–Kier alpha value is -2.18. The summed E-state index contributed by atoms with van der Waals surface area (Å²) in [6.07, 6.45) is -4.72. The zero-order chi connectivity index (χ0) is 23.6. The normalized spacial score (nSPS) is 12.5. The van der Waals surface area contributed by atoms with Gasteiger partial charge < -0.3 is 14.8 Å².